The average molecular weight is 416 g/mol. The van der Waals surface area contributed by atoms with Gasteiger partial charge in [0.1, 0.15) is 5.60 Å². The first kappa shape index (κ1) is 22.6. The summed E-state index contributed by atoms with van der Waals surface area (Å²) < 4.78 is 5.51. The topological polar surface area (TPSA) is 61.9 Å². The van der Waals surface area contributed by atoms with E-state index in [1.54, 1.807) is 4.90 Å². The number of hydrogen-bond donors (Lipinski definition) is 1. The second kappa shape index (κ2) is 8.58. The molecule has 0 aliphatic carbocycles. The fraction of sp³-hybridized carbons (Fsp3) is 0.667. The summed E-state index contributed by atoms with van der Waals surface area (Å²) in [6, 6.07) is 4.35. The number of amides is 2. The van der Waals surface area contributed by atoms with Crippen LogP contribution in [0.2, 0.25) is 0 Å². The fourth-order valence-electron chi connectivity index (χ4n) is 4.80. The molecule has 2 amide bonds. The van der Waals surface area contributed by atoms with Crippen molar-refractivity contribution < 1.29 is 14.3 Å². The molecule has 0 bridgehead atoms. The van der Waals surface area contributed by atoms with Gasteiger partial charge in [0, 0.05) is 31.4 Å². The van der Waals surface area contributed by atoms with Crippen LogP contribution in [0.1, 0.15) is 57.2 Å². The van der Waals surface area contributed by atoms with E-state index in [-0.39, 0.29) is 30.0 Å². The molecule has 2 heterocycles. The highest BCUT2D eigenvalue weighted by Crippen LogP contribution is 2.31. The van der Waals surface area contributed by atoms with Crippen LogP contribution in [0.5, 0.6) is 0 Å². The largest absolute Gasteiger partial charge is 0.444 e. The van der Waals surface area contributed by atoms with Crippen molar-refractivity contribution in [1.82, 2.24) is 10.2 Å². The predicted octanol–water partition coefficient (Wildman–Crippen LogP) is 3.95. The first-order chi connectivity index (χ1) is 14.0. The summed E-state index contributed by atoms with van der Waals surface area (Å²) in [5.74, 6) is 0.419. The summed E-state index contributed by atoms with van der Waals surface area (Å²) in [4.78, 5) is 29.3. The Morgan fingerprint density at radius 1 is 1.10 bits per heavy atom. The fourth-order valence-corrected chi connectivity index (χ4v) is 4.80. The molecule has 166 valence electrons. The maximum Gasteiger partial charge on any atom is 0.410 e. The SMILES string of the molecule is Cc1cc(C)c(N2CCC(NC3CCN(C(=O)OC(C)(C)C)CC3C)C2=O)c(C)c1. The van der Waals surface area contributed by atoms with Gasteiger partial charge in [-0.2, -0.15) is 0 Å². The van der Waals surface area contributed by atoms with Crippen molar-refractivity contribution in [3.63, 3.8) is 0 Å². The lowest BCUT2D eigenvalue weighted by Gasteiger charge is -2.38. The normalized spacial score (nSPS) is 25.0. The third kappa shape index (κ3) is 4.97. The van der Waals surface area contributed by atoms with E-state index in [2.05, 4.69) is 45.1 Å². The minimum Gasteiger partial charge on any atom is -0.444 e. The number of nitrogens with one attached hydrogen (secondary N) is 1. The van der Waals surface area contributed by atoms with Crippen molar-refractivity contribution in [3.8, 4) is 0 Å². The van der Waals surface area contributed by atoms with E-state index >= 15 is 0 Å². The van der Waals surface area contributed by atoms with Crippen molar-refractivity contribution in [3.05, 3.63) is 28.8 Å². The lowest BCUT2D eigenvalue weighted by molar-refractivity contribution is -0.119. The van der Waals surface area contributed by atoms with E-state index in [9.17, 15) is 9.59 Å². The van der Waals surface area contributed by atoms with Gasteiger partial charge < -0.3 is 19.9 Å². The minimum atomic E-state index is -0.485. The molecule has 30 heavy (non-hydrogen) atoms. The second-order valence-electron chi connectivity index (χ2n) is 10.0. The first-order valence-electron chi connectivity index (χ1n) is 11.1. The molecule has 1 aromatic carbocycles. The summed E-state index contributed by atoms with van der Waals surface area (Å²) in [5, 5.41) is 3.61. The third-order valence-electron chi connectivity index (χ3n) is 6.08. The zero-order valence-corrected chi connectivity index (χ0v) is 19.5. The van der Waals surface area contributed by atoms with E-state index in [0.717, 1.165) is 36.2 Å². The maximum atomic E-state index is 13.2. The number of likely N-dealkylation sites (tertiary alicyclic amines) is 1. The van der Waals surface area contributed by atoms with Crippen LogP contribution < -0.4 is 10.2 Å². The van der Waals surface area contributed by atoms with Gasteiger partial charge in [-0.25, -0.2) is 4.79 Å². The van der Waals surface area contributed by atoms with Gasteiger partial charge in [0.25, 0.3) is 0 Å². The molecule has 2 aliphatic heterocycles. The number of anilines is 1. The van der Waals surface area contributed by atoms with Crippen LogP contribution in [0.4, 0.5) is 10.5 Å². The second-order valence-corrected chi connectivity index (χ2v) is 10.0. The van der Waals surface area contributed by atoms with Gasteiger partial charge in [-0.3, -0.25) is 4.79 Å². The number of nitrogens with zero attached hydrogens (tertiary/aromatic N) is 2. The minimum absolute atomic E-state index is 0.159. The van der Waals surface area contributed by atoms with Crippen molar-refractivity contribution in [2.45, 2.75) is 79.0 Å². The van der Waals surface area contributed by atoms with Crippen LogP contribution in [-0.2, 0) is 9.53 Å². The Morgan fingerprint density at radius 3 is 2.30 bits per heavy atom. The van der Waals surface area contributed by atoms with Gasteiger partial charge in [0.2, 0.25) is 5.91 Å². The van der Waals surface area contributed by atoms with E-state index in [1.807, 2.05) is 25.7 Å². The van der Waals surface area contributed by atoms with E-state index in [1.165, 1.54) is 5.56 Å². The Bertz CT molecular complexity index is 791. The summed E-state index contributed by atoms with van der Waals surface area (Å²) >= 11 is 0. The Balaban J connectivity index is 1.61. The maximum absolute atomic E-state index is 13.2. The summed E-state index contributed by atoms with van der Waals surface area (Å²) in [6.45, 7) is 16.1. The zero-order valence-electron chi connectivity index (χ0n) is 19.5. The first-order valence-corrected chi connectivity index (χ1v) is 11.1. The summed E-state index contributed by atoms with van der Waals surface area (Å²) in [6.07, 6.45) is 1.39. The number of carbonyl (C=O) groups is 2. The quantitative estimate of drug-likeness (QED) is 0.812. The molecule has 0 aromatic heterocycles. The van der Waals surface area contributed by atoms with Crippen LogP contribution in [0.3, 0.4) is 0 Å². The van der Waals surface area contributed by atoms with Gasteiger partial charge in [-0.05, 0) is 71.4 Å². The lowest BCUT2D eigenvalue weighted by Crippen LogP contribution is -2.54. The zero-order chi connectivity index (χ0) is 22.2. The molecule has 2 aliphatic rings. The highest BCUT2D eigenvalue weighted by Gasteiger charge is 2.38. The Labute approximate surface area is 180 Å². The number of ether oxygens (including phenoxy) is 1. The van der Waals surface area contributed by atoms with E-state index in [0.29, 0.717) is 13.1 Å². The Hall–Kier alpha value is -2.08. The smallest absolute Gasteiger partial charge is 0.410 e. The average Bonchev–Trinajstić information content (AvgIpc) is 2.95. The Morgan fingerprint density at radius 2 is 1.73 bits per heavy atom. The standard InChI is InChI=1S/C24H37N3O3/c1-15-12-16(2)21(17(3)13-15)27-11-9-20(22(27)28)25-19-8-10-26(14-18(19)4)23(29)30-24(5,6)7/h12-13,18-20,25H,8-11,14H2,1-7H3. The number of rotatable bonds is 3. The molecule has 0 saturated carbocycles. The van der Waals surface area contributed by atoms with Crippen molar-refractivity contribution in [1.29, 1.82) is 0 Å². The van der Waals surface area contributed by atoms with Crippen molar-refractivity contribution >= 4 is 17.7 Å². The van der Waals surface area contributed by atoms with Crippen LogP contribution in [0, 0.1) is 26.7 Å². The molecule has 3 rings (SSSR count). The molecular formula is C24H37N3O3. The number of benzene rings is 1. The molecule has 0 spiro atoms. The number of aryl methyl sites for hydroxylation is 3. The summed E-state index contributed by atoms with van der Waals surface area (Å²) in [7, 11) is 0. The van der Waals surface area contributed by atoms with E-state index in [4.69, 9.17) is 4.74 Å². The molecule has 1 aromatic rings. The summed E-state index contributed by atoms with van der Waals surface area (Å²) in [5.41, 5.74) is 4.10. The van der Waals surface area contributed by atoms with Crippen LogP contribution in [0.25, 0.3) is 0 Å². The van der Waals surface area contributed by atoms with E-state index < -0.39 is 5.60 Å². The third-order valence-corrected chi connectivity index (χ3v) is 6.08. The van der Waals surface area contributed by atoms with Gasteiger partial charge in [0.15, 0.2) is 0 Å². The van der Waals surface area contributed by atoms with Crippen LogP contribution >= 0.6 is 0 Å². The van der Waals surface area contributed by atoms with Crippen molar-refractivity contribution in [2.24, 2.45) is 5.92 Å². The van der Waals surface area contributed by atoms with Gasteiger partial charge in [-0.1, -0.05) is 24.6 Å². The van der Waals surface area contributed by atoms with Crippen LogP contribution in [0.15, 0.2) is 12.1 Å². The van der Waals surface area contributed by atoms with Crippen LogP contribution in [-0.4, -0.2) is 54.2 Å². The molecule has 1 N–H and O–H groups in total. The highest BCUT2D eigenvalue weighted by molar-refractivity contribution is 6.00. The molecule has 6 nitrogen and oxygen atoms in total. The highest BCUT2D eigenvalue weighted by atomic mass is 16.6. The van der Waals surface area contributed by atoms with Gasteiger partial charge >= 0.3 is 6.09 Å². The molecule has 6 heteroatoms. The number of hydrogen-bond acceptors (Lipinski definition) is 4. The predicted molar refractivity (Wildman–Crippen MR) is 120 cm³/mol. The lowest BCUT2D eigenvalue weighted by atomic mass is 9.93. The Kier molecular flexibility index (Phi) is 6.46. The molecular weight excluding hydrogens is 378 g/mol. The molecule has 3 unspecified atom stereocenters. The molecule has 0 radical (unpaired) electrons. The molecule has 2 fully saturated rings. The number of piperidine rings is 1. The molecule has 2 saturated heterocycles. The van der Waals surface area contributed by atoms with Crippen molar-refractivity contribution in [2.75, 3.05) is 24.5 Å². The van der Waals surface area contributed by atoms with Gasteiger partial charge in [-0.15, -0.1) is 0 Å². The van der Waals surface area contributed by atoms with Gasteiger partial charge in [0.05, 0.1) is 6.04 Å². The number of carbonyl (C=O) groups excluding carboxylic acids is 2. The molecule has 3 atom stereocenters. The monoisotopic (exact) mass is 415 g/mol.